The lowest BCUT2D eigenvalue weighted by Crippen LogP contribution is -2.45. The predicted octanol–water partition coefficient (Wildman–Crippen LogP) is 1.42. The van der Waals surface area contributed by atoms with Gasteiger partial charge >= 0.3 is 5.97 Å². The van der Waals surface area contributed by atoms with Crippen molar-refractivity contribution in [1.29, 1.82) is 0 Å². The first-order valence-corrected chi connectivity index (χ1v) is 7.70. The molecule has 7 heteroatoms. The largest absolute Gasteiger partial charge is 0.480 e. The van der Waals surface area contributed by atoms with E-state index in [0.717, 1.165) is 5.56 Å². The van der Waals surface area contributed by atoms with E-state index in [2.05, 4.69) is 10.8 Å². The van der Waals surface area contributed by atoms with E-state index in [1.807, 2.05) is 30.3 Å². The Morgan fingerprint density at radius 2 is 1.75 bits per heavy atom. The molecule has 7 nitrogen and oxygen atoms in total. The van der Waals surface area contributed by atoms with Crippen LogP contribution in [0.15, 0.2) is 30.3 Å². The molecule has 1 unspecified atom stereocenters. The highest BCUT2D eigenvalue weighted by molar-refractivity contribution is 5.88. The van der Waals surface area contributed by atoms with Crippen molar-refractivity contribution in [3.63, 3.8) is 0 Å². The summed E-state index contributed by atoms with van der Waals surface area (Å²) >= 11 is 0. The lowest BCUT2D eigenvalue weighted by molar-refractivity contribution is -0.150. The van der Waals surface area contributed by atoms with Gasteiger partial charge in [0.2, 0.25) is 11.8 Å². The van der Waals surface area contributed by atoms with Crippen molar-refractivity contribution < 1.29 is 24.3 Å². The molecular formula is C17H24N2O5. The SMILES string of the molecule is CC(C)(C)ONC(=O)CC(NC(=O)CCc1ccccc1)C(=O)O. The molecular weight excluding hydrogens is 312 g/mol. The molecule has 0 saturated heterocycles. The molecule has 0 aliphatic rings. The van der Waals surface area contributed by atoms with Gasteiger partial charge in [-0.1, -0.05) is 30.3 Å². The number of hydrogen-bond acceptors (Lipinski definition) is 4. The summed E-state index contributed by atoms with van der Waals surface area (Å²) in [4.78, 5) is 39.9. The van der Waals surface area contributed by atoms with Crippen molar-refractivity contribution in [2.24, 2.45) is 0 Å². The van der Waals surface area contributed by atoms with E-state index in [9.17, 15) is 14.4 Å². The Balaban J connectivity index is 2.45. The molecule has 0 aromatic heterocycles. The smallest absolute Gasteiger partial charge is 0.326 e. The van der Waals surface area contributed by atoms with Gasteiger partial charge in [0.1, 0.15) is 6.04 Å². The van der Waals surface area contributed by atoms with Gasteiger partial charge < -0.3 is 10.4 Å². The third-order valence-corrected chi connectivity index (χ3v) is 2.98. The first-order chi connectivity index (χ1) is 11.2. The lowest BCUT2D eigenvalue weighted by atomic mass is 10.1. The molecule has 0 bridgehead atoms. The minimum absolute atomic E-state index is 0.147. The highest BCUT2D eigenvalue weighted by atomic mass is 16.7. The molecule has 0 aliphatic heterocycles. The number of rotatable bonds is 8. The fourth-order valence-electron chi connectivity index (χ4n) is 1.81. The van der Waals surface area contributed by atoms with Gasteiger partial charge in [-0.05, 0) is 32.8 Å². The molecule has 24 heavy (non-hydrogen) atoms. The van der Waals surface area contributed by atoms with Crippen molar-refractivity contribution in [1.82, 2.24) is 10.8 Å². The molecule has 0 radical (unpaired) electrons. The Kier molecular flexibility index (Phi) is 7.38. The number of nitrogens with one attached hydrogen (secondary N) is 2. The normalized spacial score (nSPS) is 12.3. The monoisotopic (exact) mass is 336 g/mol. The van der Waals surface area contributed by atoms with Gasteiger partial charge in [0.05, 0.1) is 12.0 Å². The summed E-state index contributed by atoms with van der Waals surface area (Å²) < 4.78 is 0. The average molecular weight is 336 g/mol. The maximum Gasteiger partial charge on any atom is 0.326 e. The summed E-state index contributed by atoms with van der Waals surface area (Å²) in [6.07, 6.45) is 0.245. The van der Waals surface area contributed by atoms with E-state index in [-0.39, 0.29) is 6.42 Å². The lowest BCUT2D eigenvalue weighted by Gasteiger charge is -2.20. The van der Waals surface area contributed by atoms with Crippen LogP contribution in [0.5, 0.6) is 0 Å². The predicted molar refractivity (Wildman–Crippen MR) is 87.9 cm³/mol. The molecule has 0 heterocycles. The second-order valence-electron chi connectivity index (χ2n) is 6.39. The van der Waals surface area contributed by atoms with E-state index < -0.39 is 35.8 Å². The second kappa shape index (κ2) is 9.02. The molecule has 1 atom stereocenters. The van der Waals surface area contributed by atoms with E-state index in [1.54, 1.807) is 20.8 Å². The number of benzene rings is 1. The Bertz CT molecular complexity index is 566. The number of carbonyl (C=O) groups is 3. The van der Waals surface area contributed by atoms with Crippen LogP contribution in [0.1, 0.15) is 39.2 Å². The number of aryl methyl sites for hydroxylation is 1. The Labute approximate surface area is 141 Å². The van der Waals surface area contributed by atoms with Crippen LogP contribution in [-0.2, 0) is 25.6 Å². The maximum absolute atomic E-state index is 11.9. The zero-order valence-corrected chi connectivity index (χ0v) is 14.2. The van der Waals surface area contributed by atoms with Gasteiger partial charge in [-0.15, -0.1) is 0 Å². The van der Waals surface area contributed by atoms with Gasteiger partial charge in [-0.25, -0.2) is 10.3 Å². The maximum atomic E-state index is 11.9. The van der Waals surface area contributed by atoms with Crippen molar-refractivity contribution in [3.05, 3.63) is 35.9 Å². The summed E-state index contributed by atoms with van der Waals surface area (Å²) in [6, 6.07) is 8.09. The third kappa shape index (κ3) is 8.28. The molecule has 3 N–H and O–H groups in total. The first-order valence-electron chi connectivity index (χ1n) is 7.70. The molecule has 0 fully saturated rings. The van der Waals surface area contributed by atoms with Crippen molar-refractivity contribution in [3.8, 4) is 0 Å². The van der Waals surface area contributed by atoms with E-state index in [1.165, 1.54) is 0 Å². The molecule has 0 spiro atoms. The van der Waals surface area contributed by atoms with Crippen molar-refractivity contribution in [2.75, 3.05) is 0 Å². The first kappa shape index (κ1) is 19.6. The van der Waals surface area contributed by atoms with Crippen LogP contribution in [0.2, 0.25) is 0 Å². The van der Waals surface area contributed by atoms with Gasteiger partial charge in [0, 0.05) is 6.42 Å². The number of aliphatic carboxylic acids is 1. The molecule has 2 amide bonds. The average Bonchev–Trinajstić information content (AvgIpc) is 2.50. The van der Waals surface area contributed by atoms with Crippen LogP contribution >= 0.6 is 0 Å². The fraction of sp³-hybridized carbons (Fsp3) is 0.471. The molecule has 0 saturated carbocycles. The minimum atomic E-state index is -1.29. The van der Waals surface area contributed by atoms with Gasteiger partial charge in [0.15, 0.2) is 0 Å². The Hall–Kier alpha value is -2.41. The summed E-state index contributed by atoms with van der Waals surface area (Å²) in [5.74, 6) is -2.30. The Morgan fingerprint density at radius 3 is 2.29 bits per heavy atom. The van der Waals surface area contributed by atoms with E-state index >= 15 is 0 Å². The summed E-state index contributed by atoms with van der Waals surface area (Å²) in [6.45, 7) is 5.23. The zero-order chi connectivity index (χ0) is 18.2. The van der Waals surface area contributed by atoms with E-state index in [0.29, 0.717) is 6.42 Å². The zero-order valence-electron chi connectivity index (χ0n) is 14.2. The topological polar surface area (TPSA) is 105 Å². The van der Waals surface area contributed by atoms with Crippen LogP contribution < -0.4 is 10.8 Å². The molecule has 1 rings (SSSR count). The van der Waals surface area contributed by atoms with Gasteiger partial charge in [-0.3, -0.25) is 14.4 Å². The van der Waals surface area contributed by atoms with Crippen LogP contribution in [0.4, 0.5) is 0 Å². The summed E-state index contributed by atoms with van der Waals surface area (Å²) in [5, 5.41) is 11.5. The van der Waals surface area contributed by atoms with Crippen molar-refractivity contribution >= 4 is 17.8 Å². The standard InChI is InChI=1S/C17H24N2O5/c1-17(2,3)24-19-15(21)11-13(16(22)23)18-14(20)10-9-12-7-5-4-6-8-12/h4-8,13H,9-11H2,1-3H3,(H,18,20)(H,19,21)(H,22,23). The number of hydroxylamine groups is 1. The fourth-order valence-corrected chi connectivity index (χ4v) is 1.81. The molecule has 1 aromatic carbocycles. The quantitative estimate of drug-likeness (QED) is 0.623. The highest BCUT2D eigenvalue weighted by Crippen LogP contribution is 2.05. The van der Waals surface area contributed by atoms with Crippen LogP contribution in [0, 0.1) is 0 Å². The third-order valence-electron chi connectivity index (χ3n) is 2.98. The van der Waals surface area contributed by atoms with Crippen LogP contribution in [0.3, 0.4) is 0 Å². The summed E-state index contributed by atoms with van der Waals surface area (Å²) in [7, 11) is 0. The van der Waals surface area contributed by atoms with Crippen LogP contribution in [0.25, 0.3) is 0 Å². The number of hydrogen-bond donors (Lipinski definition) is 3. The van der Waals surface area contributed by atoms with Gasteiger partial charge in [0.25, 0.3) is 0 Å². The molecule has 1 aromatic rings. The Morgan fingerprint density at radius 1 is 1.12 bits per heavy atom. The van der Waals surface area contributed by atoms with E-state index in [4.69, 9.17) is 9.94 Å². The molecule has 0 aliphatic carbocycles. The number of carboxylic acid groups (broad SMARTS) is 1. The molecule has 132 valence electrons. The van der Waals surface area contributed by atoms with Gasteiger partial charge in [-0.2, -0.15) is 0 Å². The van der Waals surface area contributed by atoms with Crippen LogP contribution in [-0.4, -0.2) is 34.5 Å². The second-order valence-corrected chi connectivity index (χ2v) is 6.39. The number of carbonyl (C=O) groups excluding carboxylic acids is 2. The summed E-state index contributed by atoms with van der Waals surface area (Å²) in [5.41, 5.74) is 2.58. The minimum Gasteiger partial charge on any atom is -0.480 e. The van der Waals surface area contributed by atoms with Crippen molar-refractivity contribution in [2.45, 2.75) is 51.7 Å². The highest BCUT2D eigenvalue weighted by Gasteiger charge is 2.24. The number of carboxylic acids is 1. The number of amides is 2.